The Kier molecular flexibility index (Phi) is 5.45. The van der Waals surface area contributed by atoms with E-state index in [4.69, 9.17) is 0 Å². The average Bonchev–Trinajstić information content (AvgIpc) is 3.06. The summed E-state index contributed by atoms with van der Waals surface area (Å²) in [6, 6.07) is 9.76. The summed E-state index contributed by atoms with van der Waals surface area (Å²) in [6.45, 7) is 6.16. The van der Waals surface area contributed by atoms with Gasteiger partial charge in [-0.3, -0.25) is 10.1 Å². The predicted molar refractivity (Wildman–Crippen MR) is 102 cm³/mol. The summed E-state index contributed by atoms with van der Waals surface area (Å²) < 4.78 is 0. The monoisotopic (exact) mass is 370 g/mol. The van der Waals surface area contributed by atoms with Crippen molar-refractivity contribution in [2.45, 2.75) is 37.1 Å². The Labute approximate surface area is 154 Å². The summed E-state index contributed by atoms with van der Waals surface area (Å²) in [5.41, 5.74) is 2.98. The van der Waals surface area contributed by atoms with Crippen LogP contribution in [0.1, 0.15) is 33.4 Å². The minimum atomic E-state index is -0.224. The summed E-state index contributed by atoms with van der Waals surface area (Å²) in [6.07, 6.45) is 2.49. The van der Waals surface area contributed by atoms with Crippen molar-refractivity contribution in [3.8, 4) is 0 Å². The normalized spacial score (nSPS) is 10.7. The molecule has 0 aliphatic carbocycles. The molecule has 1 aromatic carbocycles. The molecule has 25 heavy (non-hydrogen) atoms. The summed E-state index contributed by atoms with van der Waals surface area (Å²) in [7, 11) is 0. The van der Waals surface area contributed by atoms with E-state index < -0.39 is 0 Å². The molecule has 0 fully saturated rings. The zero-order chi connectivity index (χ0) is 17.8. The number of anilines is 1. The number of benzene rings is 1. The van der Waals surface area contributed by atoms with Crippen LogP contribution in [0, 0.1) is 13.8 Å². The molecule has 1 N–H and O–H groups in total. The van der Waals surface area contributed by atoms with E-state index in [0.717, 1.165) is 16.3 Å². The number of carbonyl (C=O) groups excluding carboxylic acids is 1. The first-order valence-electron chi connectivity index (χ1n) is 7.90. The molecular formula is C18H18N4OS2. The molecule has 3 rings (SSSR count). The first kappa shape index (κ1) is 17.6. The lowest BCUT2D eigenvalue weighted by Gasteiger charge is -2.08. The number of hydrogen-bond donors (Lipinski definition) is 1. The number of nitrogens with one attached hydrogen (secondary N) is 1. The molecule has 1 amide bonds. The summed E-state index contributed by atoms with van der Waals surface area (Å²) in [5.74, 6) is -0.224. The lowest BCUT2D eigenvalue weighted by Crippen LogP contribution is -2.13. The van der Waals surface area contributed by atoms with E-state index in [9.17, 15) is 4.79 Å². The van der Waals surface area contributed by atoms with Crippen molar-refractivity contribution in [3.63, 3.8) is 0 Å². The lowest BCUT2D eigenvalue weighted by molar-refractivity contribution is 0.102. The quantitative estimate of drug-likeness (QED) is 0.715. The highest BCUT2D eigenvalue weighted by atomic mass is 32.2. The van der Waals surface area contributed by atoms with Crippen LogP contribution in [-0.2, 0) is 6.42 Å². The number of hydrogen-bond acceptors (Lipinski definition) is 6. The maximum atomic E-state index is 12.6. The van der Waals surface area contributed by atoms with Crippen molar-refractivity contribution in [3.05, 3.63) is 58.2 Å². The number of aryl methyl sites for hydroxylation is 3. The van der Waals surface area contributed by atoms with Crippen molar-refractivity contribution >= 4 is 34.1 Å². The Bertz CT molecular complexity index is 908. The van der Waals surface area contributed by atoms with Crippen molar-refractivity contribution in [2.24, 2.45) is 0 Å². The molecule has 0 aliphatic heterocycles. The van der Waals surface area contributed by atoms with Crippen LogP contribution in [-0.4, -0.2) is 21.1 Å². The fraction of sp³-hybridized carbons (Fsp3) is 0.222. The number of pyridine rings is 1. The molecule has 0 bridgehead atoms. The molecule has 128 valence electrons. The number of rotatable bonds is 5. The summed E-state index contributed by atoms with van der Waals surface area (Å²) in [5, 5.41) is 12.9. The summed E-state index contributed by atoms with van der Waals surface area (Å²) in [4.78, 5) is 18.1. The number of carbonyl (C=O) groups is 1. The highest BCUT2D eigenvalue weighted by Gasteiger charge is 2.15. The molecular weight excluding hydrogens is 352 g/mol. The Balaban J connectivity index is 1.82. The van der Waals surface area contributed by atoms with Crippen LogP contribution in [0.3, 0.4) is 0 Å². The second-order valence-electron chi connectivity index (χ2n) is 5.51. The van der Waals surface area contributed by atoms with Gasteiger partial charge in [-0.05, 0) is 55.7 Å². The molecule has 0 unspecified atom stereocenters. The molecule has 0 atom stereocenters. The standard InChI is InChI=1S/C18H18N4OS2/c1-4-15-21-22-18(25-15)20-16(23)14-6-5-9-19-17(14)24-13-8-7-11(2)12(3)10-13/h5-10H,4H2,1-3H3,(H,20,22,23). The Hall–Kier alpha value is -2.25. The van der Waals surface area contributed by atoms with E-state index in [0.29, 0.717) is 15.7 Å². The number of amides is 1. The van der Waals surface area contributed by atoms with E-state index in [1.54, 1.807) is 18.3 Å². The molecule has 0 saturated carbocycles. The van der Waals surface area contributed by atoms with E-state index >= 15 is 0 Å². The molecule has 0 spiro atoms. The minimum Gasteiger partial charge on any atom is -0.296 e. The third kappa shape index (κ3) is 4.24. The van der Waals surface area contributed by atoms with Crippen LogP contribution >= 0.6 is 23.1 Å². The summed E-state index contributed by atoms with van der Waals surface area (Å²) >= 11 is 2.87. The van der Waals surface area contributed by atoms with E-state index in [2.05, 4.69) is 46.5 Å². The maximum Gasteiger partial charge on any atom is 0.260 e. The third-order valence-corrected chi connectivity index (χ3v) is 5.69. The Morgan fingerprint density at radius 1 is 1.20 bits per heavy atom. The first-order valence-corrected chi connectivity index (χ1v) is 9.54. The van der Waals surface area contributed by atoms with E-state index in [-0.39, 0.29) is 5.91 Å². The smallest absolute Gasteiger partial charge is 0.260 e. The topological polar surface area (TPSA) is 67.8 Å². The molecule has 7 heteroatoms. The van der Waals surface area contributed by atoms with Crippen molar-refractivity contribution in [2.75, 3.05) is 5.32 Å². The van der Waals surface area contributed by atoms with Crippen LogP contribution in [0.25, 0.3) is 0 Å². The van der Waals surface area contributed by atoms with E-state index in [1.807, 2.05) is 13.0 Å². The van der Waals surface area contributed by atoms with Crippen molar-refractivity contribution < 1.29 is 4.79 Å². The van der Waals surface area contributed by atoms with Gasteiger partial charge in [0.1, 0.15) is 10.0 Å². The van der Waals surface area contributed by atoms with Crippen LogP contribution in [0.15, 0.2) is 46.5 Å². The van der Waals surface area contributed by atoms with Gasteiger partial charge in [0.05, 0.1) is 5.56 Å². The highest BCUT2D eigenvalue weighted by Crippen LogP contribution is 2.30. The second kappa shape index (κ2) is 7.76. The fourth-order valence-corrected chi connectivity index (χ4v) is 3.80. The molecule has 0 radical (unpaired) electrons. The van der Waals surface area contributed by atoms with Gasteiger partial charge in [-0.15, -0.1) is 10.2 Å². The maximum absolute atomic E-state index is 12.6. The first-order chi connectivity index (χ1) is 12.1. The minimum absolute atomic E-state index is 0.224. The number of aromatic nitrogens is 3. The van der Waals surface area contributed by atoms with Crippen LogP contribution in [0.2, 0.25) is 0 Å². The van der Waals surface area contributed by atoms with Gasteiger partial charge in [-0.25, -0.2) is 4.98 Å². The van der Waals surface area contributed by atoms with Gasteiger partial charge < -0.3 is 0 Å². The zero-order valence-corrected chi connectivity index (χ0v) is 15.9. The molecule has 3 aromatic rings. The highest BCUT2D eigenvalue weighted by molar-refractivity contribution is 7.99. The van der Waals surface area contributed by atoms with Gasteiger partial charge in [-0.1, -0.05) is 36.1 Å². The van der Waals surface area contributed by atoms with Gasteiger partial charge >= 0.3 is 0 Å². The van der Waals surface area contributed by atoms with Gasteiger partial charge in [0.25, 0.3) is 5.91 Å². The van der Waals surface area contributed by atoms with E-state index in [1.165, 1.54) is 34.2 Å². The third-order valence-electron chi connectivity index (χ3n) is 3.70. The Morgan fingerprint density at radius 3 is 2.76 bits per heavy atom. The van der Waals surface area contributed by atoms with Gasteiger partial charge in [0, 0.05) is 11.1 Å². The molecule has 0 saturated heterocycles. The predicted octanol–water partition coefficient (Wildman–Crippen LogP) is 4.52. The van der Waals surface area contributed by atoms with Gasteiger partial charge in [0.15, 0.2) is 0 Å². The van der Waals surface area contributed by atoms with Crippen LogP contribution in [0.4, 0.5) is 5.13 Å². The lowest BCUT2D eigenvalue weighted by atomic mass is 10.1. The van der Waals surface area contributed by atoms with Crippen LogP contribution in [0.5, 0.6) is 0 Å². The van der Waals surface area contributed by atoms with Gasteiger partial charge in [-0.2, -0.15) is 0 Å². The fourth-order valence-electron chi connectivity index (χ4n) is 2.15. The number of nitrogens with zero attached hydrogens (tertiary/aromatic N) is 3. The molecule has 5 nitrogen and oxygen atoms in total. The Morgan fingerprint density at radius 2 is 2.04 bits per heavy atom. The zero-order valence-electron chi connectivity index (χ0n) is 14.2. The molecule has 0 aliphatic rings. The van der Waals surface area contributed by atoms with Crippen molar-refractivity contribution in [1.82, 2.24) is 15.2 Å². The SMILES string of the molecule is CCc1nnc(NC(=O)c2cccnc2Sc2ccc(C)c(C)c2)s1. The van der Waals surface area contributed by atoms with Gasteiger partial charge in [0.2, 0.25) is 5.13 Å². The van der Waals surface area contributed by atoms with Crippen LogP contribution < -0.4 is 5.32 Å². The molecule has 2 aromatic heterocycles. The largest absolute Gasteiger partial charge is 0.296 e. The second-order valence-corrected chi connectivity index (χ2v) is 7.64. The van der Waals surface area contributed by atoms with Crippen molar-refractivity contribution in [1.29, 1.82) is 0 Å². The average molecular weight is 371 g/mol. The molecule has 2 heterocycles.